The van der Waals surface area contributed by atoms with Crippen LogP contribution in [0, 0.1) is 0 Å². The highest BCUT2D eigenvalue weighted by molar-refractivity contribution is 5.76. The minimum Gasteiger partial charge on any atom is -0.311 e. The Labute approximate surface area is 142 Å². The first-order valence-electron chi connectivity index (χ1n) is 8.02. The Morgan fingerprint density at radius 1 is 1.16 bits per heavy atom. The van der Waals surface area contributed by atoms with Crippen molar-refractivity contribution < 1.29 is 0 Å². The number of nitrogens with one attached hydrogen (secondary N) is 2. The van der Waals surface area contributed by atoms with Crippen LogP contribution in [0.3, 0.4) is 0 Å². The normalized spacial score (nSPS) is 12.4. The van der Waals surface area contributed by atoms with E-state index < -0.39 is 0 Å². The third-order valence-electron chi connectivity index (χ3n) is 3.92. The molecule has 0 saturated carbocycles. The molecule has 0 spiro atoms. The quantitative estimate of drug-likeness (QED) is 0.653. The number of aromatic nitrogens is 4. The van der Waals surface area contributed by atoms with Gasteiger partial charge in [-0.2, -0.15) is 0 Å². The second-order valence-electron chi connectivity index (χ2n) is 5.87. The predicted octanol–water partition coefficient (Wildman–Crippen LogP) is -0.0752. The molecule has 0 radical (unpaired) electrons. The van der Waals surface area contributed by atoms with Crippen LogP contribution in [0.25, 0.3) is 10.9 Å². The molecule has 2 N–H and O–H groups in total. The molecule has 0 bridgehead atoms. The number of aromatic amines is 1. The molecule has 3 aromatic rings. The number of H-pyrrole nitrogens is 1. The lowest BCUT2D eigenvalue weighted by Gasteiger charge is -2.16. The summed E-state index contributed by atoms with van der Waals surface area (Å²) in [6, 6.07) is 9.66. The van der Waals surface area contributed by atoms with Crippen molar-refractivity contribution in [3.63, 3.8) is 0 Å². The van der Waals surface area contributed by atoms with Crippen molar-refractivity contribution in [2.75, 3.05) is 6.54 Å². The smallest absolute Gasteiger partial charge is 0.265 e. The molecule has 0 aliphatic rings. The monoisotopic (exact) mass is 341 g/mol. The molecule has 0 fully saturated rings. The number of para-hydroxylation sites is 1. The maximum Gasteiger partial charge on any atom is 0.265 e. The zero-order chi connectivity index (χ0) is 17.8. The van der Waals surface area contributed by atoms with Crippen molar-refractivity contribution in [3.8, 4) is 0 Å². The summed E-state index contributed by atoms with van der Waals surface area (Å²) in [5.41, 5.74) is 0.0186. The van der Waals surface area contributed by atoms with Crippen LogP contribution >= 0.6 is 0 Å². The van der Waals surface area contributed by atoms with Crippen LogP contribution in [0.5, 0.6) is 0 Å². The second-order valence-corrected chi connectivity index (χ2v) is 5.87. The maximum atomic E-state index is 12.5. The Kier molecular flexibility index (Phi) is 4.90. The first-order chi connectivity index (χ1) is 12.0. The van der Waals surface area contributed by atoms with Crippen molar-refractivity contribution in [2.45, 2.75) is 26.1 Å². The molecule has 0 amide bonds. The van der Waals surface area contributed by atoms with Gasteiger partial charge in [-0.3, -0.25) is 24.0 Å². The Bertz CT molecular complexity index is 1050. The van der Waals surface area contributed by atoms with Crippen LogP contribution in [0.4, 0.5) is 0 Å². The first kappa shape index (κ1) is 16.8. The molecule has 0 aliphatic carbocycles. The molecule has 1 atom stereocenters. The number of hydrogen-bond donors (Lipinski definition) is 2. The van der Waals surface area contributed by atoms with E-state index in [1.54, 1.807) is 23.0 Å². The fourth-order valence-electron chi connectivity index (χ4n) is 2.65. The van der Waals surface area contributed by atoms with E-state index >= 15 is 0 Å². The fraction of sp³-hybridized carbons (Fsp3) is 0.294. The van der Waals surface area contributed by atoms with Gasteiger partial charge in [0.1, 0.15) is 0 Å². The number of benzene rings is 1. The summed E-state index contributed by atoms with van der Waals surface area (Å²) in [5.74, 6) is 0. The molecule has 8 nitrogen and oxygen atoms in total. The van der Waals surface area contributed by atoms with E-state index in [0.717, 1.165) is 0 Å². The summed E-state index contributed by atoms with van der Waals surface area (Å²) >= 11 is 0. The lowest BCUT2D eigenvalue weighted by Crippen LogP contribution is -2.38. The van der Waals surface area contributed by atoms with Crippen molar-refractivity contribution in [1.29, 1.82) is 0 Å². The largest absolute Gasteiger partial charge is 0.311 e. The molecule has 2 heterocycles. The molecule has 0 saturated heterocycles. The van der Waals surface area contributed by atoms with E-state index in [1.807, 2.05) is 19.1 Å². The van der Waals surface area contributed by atoms with Crippen LogP contribution in [0.2, 0.25) is 0 Å². The molecule has 2 aromatic heterocycles. The zero-order valence-corrected chi connectivity index (χ0v) is 13.8. The summed E-state index contributed by atoms with van der Waals surface area (Å²) < 4.78 is 2.82. The van der Waals surface area contributed by atoms with E-state index in [1.165, 1.54) is 16.8 Å². The number of hydrogen-bond acceptors (Lipinski definition) is 5. The highest BCUT2D eigenvalue weighted by Crippen LogP contribution is 2.04. The predicted molar refractivity (Wildman–Crippen MR) is 94.8 cm³/mol. The maximum absolute atomic E-state index is 12.5. The Balaban J connectivity index is 1.63. The van der Waals surface area contributed by atoms with E-state index in [9.17, 15) is 14.4 Å². The van der Waals surface area contributed by atoms with Crippen LogP contribution in [-0.2, 0) is 13.1 Å². The van der Waals surface area contributed by atoms with E-state index in [4.69, 9.17) is 0 Å². The second kappa shape index (κ2) is 7.27. The van der Waals surface area contributed by atoms with E-state index in [0.29, 0.717) is 30.5 Å². The summed E-state index contributed by atoms with van der Waals surface area (Å²) in [4.78, 5) is 39.6. The van der Waals surface area contributed by atoms with E-state index in [-0.39, 0.29) is 22.7 Å². The van der Waals surface area contributed by atoms with Crippen molar-refractivity contribution >= 4 is 10.9 Å². The lowest BCUT2D eigenvalue weighted by atomic mass is 10.2. The fourth-order valence-corrected chi connectivity index (χ4v) is 2.65. The van der Waals surface area contributed by atoms with Gasteiger partial charge in [0.2, 0.25) is 0 Å². The zero-order valence-electron chi connectivity index (χ0n) is 13.8. The Morgan fingerprint density at radius 2 is 1.96 bits per heavy atom. The molecule has 25 heavy (non-hydrogen) atoms. The average Bonchev–Trinajstić information content (AvgIpc) is 2.61. The third-order valence-corrected chi connectivity index (χ3v) is 3.92. The van der Waals surface area contributed by atoms with Gasteiger partial charge in [-0.05, 0) is 19.1 Å². The SMILES string of the molecule is C[C@@H](Cn1cnc2ccccc2c1=O)NCCn1[nH]c(=O)ccc1=O. The topological polar surface area (TPSA) is 102 Å². The van der Waals surface area contributed by atoms with Gasteiger partial charge in [-0.15, -0.1) is 0 Å². The highest BCUT2D eigenvalue weighted by atomic mass is 16.2. The molecular weight excluding hydrogens is 322 g/mol. The molecule has 130 valence electrons. The van der Waals surface area contributed by atoms with Gasteiger partial charge in [0.05, 0.1) is 23.8 Å². The van der Waals surface area contributed by atoms with Gasteiger partial charge in [0, 0.05) is 31.3 Å². The van der Waals surface area contributed by atoms with Gasteiger partial charge in [0.15, 0.2) is 0 Å². The molecule has 1 aromatic carbocycles. The number of fused-ring (bicyclic) bond motifs is 1. The van der Waals surface area contributed by atoms with Crippen LogP contribution < -0.4 is 22.0 Å². The first-order valence-corrected chi connectivity index (χ1v) is 8.02. The molecule has 8 heteroatoms. The highest BCUT2D eigenvalue weighted by Gasteiger charge is 2.07. The minimum atomic E-state index is -0.318. The van der Waals surface area contributed by atoms with Crippen LogP contribution in [-0.4, -0.2) is 31.9 Å². The Morgan fingerprint density at radius 3 is 2.80 bits per heavy atom. The number of nitrogens with zero attached hydrogens (tertiary/aromatic N) is 3. The van der Waals surface area contributed by atoms with Gasteiger partial charge >= 0.3 is 0 Å². The Hall–Kier alpha value is -3.00. The van der Waals surface area contributed by atoms with Gasteiger partial charge in [0.25, 0.3) is 16.7 Å². The standard InChI is InChI=1S/C17H19N5O3/c1-12(18-8-9-22-16(24)7-6-15(23)20-22)10-21-11-19-14-5-3-2-4-13(14)17(21)25/h2-7,11-12,18H,8-10H2,1H3,(H,20,23)/t12-/m0/s1. The molecule has 3 rings (SSSR count). The summed E-state index contributed by atoms with van der Waals surface area (Å²) in [5, 5.41) is 6.29. The molecular formula is C17H19N5O3. The number of rotatable bonds is 6. The lowest BCUT2D eigenvalue weighted by molar-refractivity contribution is 0.438. The van der Waals surface area contributed by atoms with Crippen molar-refractivity contribution in [1.82, 2.24) is 24.6 Å². The average molecular weight is 341 g/mol. The van der Waals surface area contributed by atoms with Crippen molar-refractivity contribution in [2.24, 2.45) is 0 Å². The minimum absolute atomic E-state index is 0.00759. The molecule has 0 unspecified atom stereocenters. The van der Waals surface area contributed by atoms with Crippen LogP contribution in [0.1, 0.15) is 6.92 Å². The third kappa shape index (κ3) is 3.92. The van der Waals surface area contributed by atoms with Gasteiger partial charge in [-0.1, -0.05) is 12.1 Å². The summed E-state index contributed by atoms with van der Waals surface area (Å²) in [6.07, 6.45) is 1.54. The van der Waals surface area contributed by atoms with Crippen LogP contribution in [0.15, 0.2) is 57.1 Å². The van der Waals surface area contributed by atoms with E-state index in [2.05, 4.69) is 15.4 Å². The molecule has 0 aliphatic heterocycles. The van der Waals surface area contributed by atoms with Gasteiger partial charge in [-0.25, -0.2) is 9.67 Å². The summed E-state index contributed by atoms with van der Waals surface area (Å²) in [7, 11) is 0. The van der Waals surface area contributed by atoms with Gasteiger partial charge < -0.3 is 5.32 Å². The summed E-state index contributed by atoms with van der Waals surface area (Å²) in [6.45, 7) is 3.22. The van der Waals surface area contributed by atoms with Crippen molar-refractivity contribution in [3.05, 3.63) is 73.8 Å².